The van der Waals surface area contributed by atoms with Crippen molar-refractivity contribution in [2.45, 2.75) is 24.0 Å². The van der Waals surface area contributed by atoms with Crippen LogP contribution in [0.1, 0.15) is 28.8 Å². The van der Waals surface area contributed by atoms with E-state index in [-0.39, 0.29) is 4.90 Å². The smallest absolute Gasteiger partial charge is 0.241 e. The average Bonchev–Trinajstić information content (AvgIpc) is 2.67. The lowest BCUT2D eigenvalue weighted by Crippen LogP contribution is -2.32. The molecule has 140 valence electrons. The number of benzene rings is 3. The highest BCUT2D eigenvalue weighted by Crippen LogP contribution is 2.31. The number of aryl methyl sites for hydroxylation is 1. The van der Waals surface area contributed by atoms with Crippen LogP contribution >= 0.6 is 15.9 Å². The molecular formula is C21H20BrNO3S. The number of hydrogen-bond donors (Lipinski definition) is 2. The second kappa shape index (κ2) is 8.35. The summed E-state index contributed by atoms with van der Waals surface area (Å²) < 4.78 is 29.3. The Labute approximate surface area is 168 Å². The highest BCUT2D eigenvalue weighted by molar-refractivity contribution is 9.10. The van der Waals surface area contributed by atoms with Crippen LogP contribution in [0.2, 0.25) is 0 Å². The van der Waals surface area contributed by atoms with Crippen molar-refractivity contribution < 1.29 is 13.5 Å². The summed E-state index contributed by atoms with van der Waals surface area (Å²) >= 11 is 3.37. The average molecular weight is 446 g/mol. The van der Waals surface area contributed by atoms with Crippen molar-refractivity contribution >= 4 is 26.0 Å². The number of halogens is 1. The molecule has 2 atom stereocenters. The SMILES string of the molecule is Cc1ccc(S(=O)(=O)N[C@H](c2ccccc2)[C@@H](O)c2ccc(Br)cc2)cc1. The van der Waals surface area contributed by atoms with Crippen LogP contribution in [-0.4, -0.2) is 13.5 Å². The molecule has 0 saturated heterocycles. The van der Waals surface area contributed by atoms with Crippen molar-refractivity contribution in [3.63, 3.8) is 0 Å². The summed E-state index contributed by atoms with van der Waals surface area (Å²) in [5.74, 6) is 0. The first-order chi connectivity index (χ1) is 12.9. The Kier molecular flexibility index (Phi) is 6.11. The predicted octanol–water partition coefficient (Wildman–Crippen LogP) is 4.51. The quantitative estimate of drug-likeness (QED) is 0.586. The summed E-state index contributed by atoms with van der Waals surface area (Å²) in [5.41, 5.74) is 2.28. The van der Waals surface area contributed by atoms with Crippen LogP contribution in [0.3, 0.4) is 0 Å². The van der Waals surface area contributed by atoms with Crippen LogP contribution in [0, 0.1) is 6.92 Å². The van der Waals surface area contributed by atoms with Gasteiger partial charge in [0.25, 0.3) is 0 Å². The Hall–Kier alpha value is -1.99. The third-order valence-corrected chi connectivity index (χ3v) is 6.29. The second-order valence-corrected chi connectivity index (χ2v) is 8.95. The van der Waals surface area contributed by atoms with Crippen molar-refractivity contribution in [3.05, 3.63) is 100 Å². The molecule has 6 heteroatoms. The molecule has 3 aromatic carbocycles. The number of hydrogen-bond acceptors (Lipinski definition) is 3. The molecule has 2 N–H and O–H groups in total. The van der Waals surface area contributed by atoms with Gasteiger partial charge < -0.3 is 5.11 Å². The highest BCUT2D eigenvalue weighted by atomic mass is 79.9. The first-order valence-corrected chi connectivity index (χ1v) is 10.7. The van der Waals surface area contributed by atoms with Gasteiger partial charge in [-0.2, -0.15) is 0 Å². The Bertz CT molecular complexity index is 988. The fraction of sp³-hybridized carbons (Fsp3) is 0.143. The first kappa shape index (κ1) is 19.8. The molecule has 0 spiro atoms. The van der Waals surface area contributed by atoms with Gasteiger partial charge in [-0.15, -0.1) is 0 Å². The summed E-state index contributed by atoms with van der Waals surface area (Å²) in [7, 11) is -3.80. The summed E-state index contributed by atoms with van der Waals surface area (Å²) in [6, 6.07) is 22.0. The van der Waals surface area contributed by atoms with Gasteiger partial charge in [0.05, 0.1) is 17.0 Å². The summed E-state index contributed by atoms with van der Waals surface area (Å²) in [6.45, 7) is 1.90. The molecule has 4 nitrogen and oxygen atoms in total. The van der Waals surface area contributed by atoms with Gasteiger partial charge in [-0.3, -0.25) is 0 Å². The van der Waals surface area contributed by atoms with E-state index in [1.807, 2.05) is 37.3 Å². The van der Waals surface area contributed by atoms with E-state index in [1.54, 1.807) is 48.5 Å². The van der Waals surface area contributed by atoms with Gasteiger partial charge in [-0.1, -0.05) is 76.1 Å². The predicted molar refractivity (Wildman–Crippen MR) is 110 cm³/mol. The third kappa shape index (κ3) is 4.84. The topological polar surface area (TPSA) is 66.4 Å². The van der Waals surface area contributed by atoms with Crippen molar-refractivity contribution in [2.75, 3.05) is 0 Å². The normalized spacial score (nSPS) is 13.9. The zero-order valence-corrected chi connectivity index (χ0v) is 17.1. The molecule has 0 amide bonds. The number of rotatable bonds is 6. The standard InChI is InChI=1S/C21H20BrNO3S/c1-15-7-13-19(14-8-15)27(25,26)23-20(16-5-3-2-4-6-16)21(24)17-9-11-18(22)12-10-17/h2-14,20-21,23-24H,1H3/t20-,21+/m1/s1. The molecule has 0 unspecified atom stereocenters. The molecule has 3 aromatic rings. The Balaban J connectivity index is 1.97. The van der Waals surface area contributed by atoms with Crippen LogP contribution in [0.15, 0.2) is 88.2 Å². The summed E-state index contributed by atoms with van der Waals surface area (Å²) in [4.78, 5) is 0.164. The van der Waals surface area contributed by atoms with Gasteiger partial charge in [0.1, 0.15) is 0 Å². The number of nitrogens with one attached hydrogen (secondary N) is 1. The lowest BCUT2D eigenvalue weighted by molar-refractivity contribution is 0.139. The summed E-state index contributed by atoms with van der Waals surface area (Å²) in [5, 5.41) is 10.9. The maximum atomic E-state index is 12.9. The van der Waals surface area contributed by atoms with Crippen LogP contribution in [0.5, 0.6) is 0 Å². The van der Waals surface area contributed by atoms with Crippen LogP contribution in [-0.2, 0) is 10.0 Å². The van der Waals surface area contributed by atoms with Gasteiger partial charge in [0.2, 0.25) is 10.0 Å². The molecule has 0 bridgehead atoms. The van der Waals surface area contributed by atoms with E-state index in [4.69, 9.17) is 0 Å². The largest absolute Gasteiger partial charge is 0.386 e. The molecule has 0 aliphatic rings. The van der Waals surface area contributed by atoms with E-state index in [2.05, 4.69) is 20.7 Å². The Morgan fingerprint density at radius 1 is 0.852 bits per heavy atom. The molecule has 0 aliphatic carbocycles. The highest BCUT2D eigenvalue weighted by Gasteiger charge is 2.28. The monoisotopic (exact) mass is 445 g/mol. The minimum atomic E-state index is -3.80. The molecule has 3 rings (SSSR count). The number of sulfonamides is 1. The molecule has 27 heavy (non-hydrogen) atoms. The van der Waals surface area contributed by atoms with Gasteiger partial charge in [0.15, 0.2) is 0 Å². The van der Waals surface area contributed by atoms with Crippen molar-refractivity contribution in [1.29, 1.82) is 0 Å². The molecule has 0 aromatic heterocycles. The number of aliphatic hydroxyl groups is 1. The fourth-order valence-corrected chi connectivity index (χ4v) is 4.27. The molecule has 0 radical (unpaired) electrons. The van der Waals surface area contributed by atoms with Gasteiger partial charge in [0, 0.05) is 4.47 Å². The van der Waals surface area contributed by atoms with E-state index in [9.17, 15) is 13.5 Å². The Morgan fingerprint density at radius 2 is 1.44 bits per heavy atom. The zero-order chi connectivity index (χ0) is 19.4. The van der Waals surface area contributed by atoms with Crippen molar-refractivity contribution in [1.82, 2.24) is 4.72 Å². The van der Waals surface area contributed by atoms with E-state index in [0.29, 0.717) is 11.1 Å². The van der Waals surface area contributed by atoms with Gasteiger partial charge in [-0.25, -0.2) is 13.1 Å². The molecule has 0 aliphatic heterocycles. The van der Waals surface area contributed by atoms with E-state index >= 15 is 0 Å². The zero-order valence-electron chi connectivity index (χ0n) is 14.7. The fourth-order valence-electron chi connectivity index (χ4n) is 2.78. The minimum Gasteiger partial charge on any atom is -0.386 e. The first-order valence-electron chi connectivity index (χ1n) is 8.44. The molecule has 0 fully saturated rings. The van der Waals surface area contributed by atoms with E-state index in [1.165, 1.54) is 0 Å². The summed E-state index contributed by atoms with van der Waals surface area (Å²) in [6.07, 6.45) is -1.04. The molecular weight excluding hydrogens is 426 g/mol. The van der Waals surface area contributed by atoms with Crippen LogP contribution < -0.4 is 4.72 Å². The maximum Gasteiger partial charge on any atom is 0.241 e. The van der Waals surface area contributed by atoms with Crippen LogP contribution in [0.4, 0.5) is 0 Å². The third-order valence-electron chi connectivity index (χ3n) is 4.30. The Morgan fingerprint density at radius 3 is 2.04 bits per heavy atom. The van der Waals surface area contributed by atoms with Crippen molar-refractivity contribution in [2.24, 2.45) is 0 Å². The number of aliphatic hydroxyl groups excluding tert-OH is 1. The van der Waals surface area contributed by atoms with E-state index < -0.39 is 22.2 Å². The van der Waals surface area contributed by atoms with E-state index in [0.717, 1.165) is 10.0 Å². The van der Waals surface area contributed by atoms with Crippen LogP contribution in [0.25, 0.3) is 0 Å². The maximum absolute atomic E-state index is 12.9. The minimum absolute atomic E-state index is 0.164. The molecule has 0 heterocycles. The lowest BCUT2D eigenvalue weighted by Gasteiger charge is -2.25. The van der Waals surface area contributed by atoms with Crippen molar-refractivity contribution in [3.8, 4) is 0 Å². The second-order valence-electron chi connectivity index (χ2n) is 6.32. The van der Waals surface area contributed by atoms with Gasteiger partial charge in [-0.05, 0) is 42.3 Å². The molecule has 0 saturated carbocycles. The van der Waals surface area contributed by atoms with Gasteiger partial charge >= 0.3 is 0 Å². The lowest BCUT2D eigenvalue weighted by atomic mass is 9.97.